The largest absolute Gasteiger partial charge is 0.0654 e. The van der Waals surface area contributed by atoms with E-state index in [1.54, 1.807) is 11.1 Å². The van der Waals surface area contributed by atoms with E-state index in [4.69, 9.17) is 0 Å². The average molecular weight is 190 g/mol. The van der Waals surface area contributed by atoms with Gasteiger partial charge in [-0.05, 0) is 42.9 Å². The highest BCUT2D eigenvalue weighted by molar-refractivity contribution is 5.34. The summed E-state index contributed by atoms with van der Waals surface area (Å²) in [6.07, 6.45) is 6.45. The van der Waals surface area contributed by atoms with Crippen LogP contribution < -0.4 is 0 Å². The molecule has 0 atom stereocenters. The summed E-state index contributed by atoms with van der Waals surface area (Å²) in [4.78, 5) is 0. The van der Waals surface area contributed by atoms with Gasteiger partial charge in [0, 0.05) is 0 Å². The summed E-state index contributed by atoms with van der Waals surface area (Å²) in [7, 11) is 0. The molecule has 0 fully saturated rings. The Morgan fingerprint density at radius 2 is 1.86 bits per heavy atom. The van der Waals surface area contributed by atoms with Gasteiger partial charge in [0.15, 0.2) is 0 Å². The number of rotatable bonds is 5. The normalized spacial score (nSPS) is 10.5. The van der Waals surface area contributed by atoms with E-state index in [1.165, 1.54) is 37.7 Å². The molecule has 0 nitrogen and oxygen atoms in total. The lowest BCUT2D eigenvalue weighted by atomic mass is 9.95. The maximum Gasteiger partial charge on any atom is -0.0274 e. The zero-order valence-corrected chi connectivity index (χ0v) is 9.77. The van der Waals surface area contributed by atoms with Crippen molar-refractivity contribution < 1.29 is 0 Å². The number of unbranched alkanes of at least 4 members (excludes halogenated alkanes) is 2. The van der Waals surface area contributed by atoms with E-state index in [-0.39, 0.29) is 0 Å². The summed E-state index contributed by atoms with van der Waals surface area (Å²) >= 11 is 0. The van der Waals surface area contributed by atoms with Crippen LogP contribution in [-0.4, -0.2) is 0 Å². The predicted octanol–water partition coefficient (Wildman–Crippen LogP) is 4.29. The SMILES string of the molecule is CCCCCc1c(C)cccc1CC. The summed E-state index contributed by atoms with van der Waals surface area (Å²) in [6, 6.07) is 6.69. The van der Waals surface area contributed by atoms with Gasteiger partial charge in [0.2, 0.25) is 0 Å². The first kappa shape index (κ1) is 11.3. The van der Waals surface area contributed by atoms with Crippen LogP contribution in [0, 0.1) is 6.92 Å². The Bertz CT molecular complexity index is 273. The Balaban J connectivity index is 2.72. The van der Waals surface area contributed by atoms with E-state index in [0.717, 1.165) is 0 Å². The van der Waals surface area contributed by atoms with E-state index in [1.807, 2.05) is 0 Å². The summed E-state index contributed by atoms with van der Waals surface area (Å²) in [5.41, 5.74) is 4.62. The number of aryl methyl sites for hydroxylation is 2. The van der Waals surface area contributed by atoms with Gasteiger partial charge in [-0.25, -0.2) is 0 Å². The van der Waals surface area contributed by atoms with Crippen molar-refractivity contribution in [3.63, 3.8) is 0 Å². The first-order valence-electron chi connectivity index (χ1n) is 5.87. The molecular formula is C14H22. The topological polar surface area (TPSA) is 0 Å². The molecule has 0 N–H and O–H groups in total. The molecule has 0 bridgehead atoms. The molecule has 14 heavy (non-hydrogen) atoms. The molecule has 0 unspecified atom stereocenters. The van der Waals surface area contributed by atoms with Crippen LogP contribution in [0.25, 0.3) is 0 Å². The lowest BCUT2D eigenvalue weighted by molar-refractivity contribution is 0.711. The highest BCUT2D eigenvalue weighted by Gasteiger charge is 2.02. The monoisotopic (exact) mass is 190 g/mol. The zero-order chi connectivity index (χ0) is 10.4. The summed E-state index contributed by atoms with van der Waals surface area (Å²) in [5, 5.41) is 0. The minimum atomic E-state index is 1.17. The molecule has 78 valence electrons. The highest BCUT2D eigenvalue weighted by atomic mass is 14.1. The van der Waals surface area contributed by atoms with Crippen molar-refractivity contribution in [3.8, 4) is 0 Å². The first-order chi connectivity index (χ1) is 6.79. The number of hydrogen-bond acceptors (Lipinski definition) is 0. The first-order valence-corrected chi connectivity index (χ1v) is 5.87. The van der Waals surface area contributed by atoms with E-state index in [0.29, 0.717) is 0 Å². The van der Waals surface area contributed by atoms with Crippen LogP contribution in [0.4, 0.5) is 0 Å². The molecule has 0 heterocycles. The van der Waals surface area contributed by atoms with Gasteiger partial charge in [0.05, 0.1) is 0 Å². The van der Waals surface area contributed by atoms with Gasteiger partial charge in [-0.2, -0.15) is 0 Å². The molecule has 0 aliphatic heterocycles. The number of hydrogen-bond donors (Lipinski definition) is 0. The Kier molecular flexibility index (Phi) is 4.72. The van der Waals surface area contributed by atoms with Gasteiger partial charge in [-0.15, -0.1) is 0 Å². The third-order valence-electron chi connectivity index (χ3n) is 2.92. The second kappa shape index (κ2) is 5.85. The van der Waals surface area contributed by atoms with Crippen molar-refractivity contribution in [1.82, 2.24) is 0 Å². The Morgan fingerprint density at radius 3 is 2.50 bits per heavy atom. The minimum Gasteiger partial charge on any atom is -0.0654 e. The third-order valence-corrected chi connectivity index (χ3v) is 2.92. The fraction of sp³-hybridized carbons (Fsp3) is 0.571. The molecule has 0 saturated carbocycles. The molecule has 0 spiro atoms. The predicted molar refractivity (Wildman–Crippen MR) is 63.8 cm³/mol. The molecular weight excluding hydrogens is 168 g/mol. The van der Waals surface area contributed by atoms with Crippen LogP contribution in [0.2, 0.25) is 0 Å². The van der Waals surface area contributed by atoms with E-state index in [2.05, 4.69) is 39.0 Å². The lowest BCUT2D eigenvalue weighted by Crippen LogP contribution is -1.96. The molecule has 1 rings (SSSR count). The van der Waals surface area contributed by atoms with E-state index in [9.17, 15) is 0 Å². The van der Waals surface area contributed by atoms with Crippen molar-refractivity contribution in [2.45, 2.75) is 52.9 Å². The van der Waals surface area contributed by atoms with Gasteiger partial charge in [0.25, 0.3) is 0 Å². The van der Waals surface area contributed by atoms with E-state index >= 15 is 0 Å². The molecule has 1 aromatic carbocycles. The van der Waals surface area contributed by atoms with Crippen molar-refractivity contribution in [2.24, 2.45) is 0 Å². The summed E-state index contributed by atoms with van der Waals surface area (Å²) in [6.45, 7) is 6.75. The van der Waals surface area contributed by atoms with Crippen LogP contribution in [0.5, 0.6) is 0 Å². The van der Waals surface area contributed by atoms with Gasteiger partial charge in [-0.1, -0.05) is 44.9 Å². The van der Waals surface area contributed by atoms with Gasteiger partial charge in [0.1, 0.15) is 0 Å². The fourth-order valence-electron chi connectivity index (χ4n) is 2.00. The lowest BCUT2D eigenvalue weighted by Gasteiger charge is -2.10. The van der Waals surface area contributed by atoms with Crippen molar-refractivity contribution in [2.75, 3.05) is 0 Å². The molecule has 0 amide bonds. The maximum absolute atomic E-state index is 2.27. The molecule has 0 saturated heterocycles. The smallest absolute Gasteiger partial charge is 0.0274 e. The second-order valence-electron chi connectivity index (χ2n) is 4.02. The quantitative estimate of drug-likeness (QED) is 0.608. The van der Waals surface area contributed by atoms with Crippen LogP contribution in [0.15, 0.2) is 18.2 Å². The molecule has 0 radical (unpaired) electrons. The summed E-state index contributed by atoms with van der Waals surface area (Å²) in [5.74, 6) is 0. The Labute approximate surface area is 88.4 Å². The van der Waals surface area contributed by atoms with Crippen LogP contribution in [-0.2, 0) is 12.8 Å². The van der Waals surface area contributed by atoms with Crippen molar-refractivity contribution in [3.05, 3.63) is 34.9 Å². The van der Waals surface area contributed by atoms with Gasteiger partial charge < -0.3 is 0 Å². The summed E-state index contributed by atoms with van der Waals surface area (Å²) < 4.78 is 0. The maximum atomic E-state index is 2.27. The molecule has 0 heteroatoms. The van der Waals surface area contributed by atoms with Crippen molar-refractivity contribution in [1.29, 1.82) is 0 Å². The second-order valence-corrected chi connectivity index (χ2v) is 4.02. The van der Waals surface area contributed by atoms with E-state index < -0.39 is 0 Å². The van der Waals surface area contributed by atoms with Crippen LogP contribution in [0.3, 0.4) is 0 Å². The minimum absolute atomic E-state index is 1.17. The third kappa shape index (κ3) is 2.87. The Hall–Kier alpha value is -0.780. The average Bonchev–Trinajstić information content (AvgIpc) is 2.20. The Morgan fingerprint density at radius 1 is 1.07 bits per heavy atom. The van der Waals surface area contributed by atoms with Crippen LogP contribution >= 0.6 is 0 Å². The molecule has 0 aliphatic carbocycles. The fourth-order valence-corrected chi connectivity index (χ4v) is 2.00. The molecule has 1 aromatic rings. The van der Waals surface area contributed by atoms with Crippen molar-refractivity contribution >= 4 is 0 Å². The zero-order valence-electron chi connectivity index (χ0n) is 9.77. The molecule has 0 aliphatic rings. The van der Waals surface area contributed by atoms with Gasteiger partial charge >= 0.3 is 0 Å². The number of benzene rings is 1. The van der Waals surface area contributed by atoms with Gasteiger partial charge in [-0.3, -0.25) is 0 Å². The molecule has 0 aromatic heterocycles. The van der Waals surface area contributed by atoms with Crippen LogP contribution in [0.1, 0.15) is 49.8 Å². The standard InChI is InChI=1S/C14H22/c1-4-6-7-11-14-12(3)9-8-10-13(14)5-2/h8-10H,4-7,11H2,1-3H3. The highest BCUT2D eigenvalue weighted by Crippen LogP contribution is 2.17.